The Labute approximate surface area is 102 Å². The van der Waals surface area contributed by atoms with Crippen molar-refractivity contribution in [2.75, 3.05) is 19.6 Å². The van der Waals surface area contributed by atoms with Gasteiger partial charge in [-0.3, -0.25) is 10.2 Å². The molecule has 0 aromatic rings. The minimum Gasteiger partial charge on any atom is -0.390 e. The number of carbonyl (C=O) groups excluding carboxylic acids is 1. The highest BCUT2D eigenvalue weighted by Gasteiger charge is 2.42. The van der Waals surface area contributed by atoms with Crippen molar-refractivity contribution in [3.8, 4) is 0 Å². The van der Waals surface area contributed by atoms with Gasteiger partial charge in [0.2, 0.25) is 5.91 Å². The minimum atomic E-state index is -0.426. The van der Waals surface area contributed by atoms with Crippen LogP contribution in [0, 0.1) is 5.92 Å². The third kappa shape index (κ3) is 2.97. The van der Waals surface area contributed by atoms with E-state index in [1.54, 1.807) is 0 Å². The first-order valence-electron chi connectivity index (χ1n) is 6.58. The number of hydrogen-bond donors (Lipinski definition) is 3. The molecule has 1 saturated carbocycles. The lowest BCUT2D eigenvalue weighted by molar-refractivity contribution is -0.122. The molecule has 1 heterocycles. The van der Waals surface area contributed by atoms with Gasteiger partial charge in [-0.25, -0.2) is 5.84 Å². The number of likely N-dealkylation sites (tertiary alicyclic amines) is 1. The Kier molecular flexibility index (Phi) is 4.01. The van der Waals surface area contributed by atoms with Crippen molar-refractivity contribution in [1.82, 2.24) is 10.3 Å². The predicted molar refractivity (Wildman–Crippen MR) is 64.9 cm³/mol. The largest absolute Gasteiger partial charge is 0.390 e. The first-order valence-corrected chi connectivity index (χ1v) is 6.58. The molecule has 0 bridgehead atoms. The van der Waals surface area contributed by atoms with Gasteiger partial charge in [-0.05, 0) is 19.3 Å². The van der Waals surface area contributed by atoms with E-state index in [-0.39, 0.29) is 5.91 Å². The SMILES string of the molecule is NNC(=O)CCN1CCC2(O)CCCCC2C1. The van der Waals surface area contributed by atoms with E-state index < -0.39 is 5.60 Å². The van der Waals surface area contributed by atoms with E-state index in [2.05, 4.69) is 10.3 Å². The minimum absolute atomic E-state index is 0.116. The van der Waals surface area contributed by atoms with Gasteiger partial charge in [-0.2, -0.15) is 0 Å². The van der Waals surface area contributed by atoms with Crippen molar-refractivity contribution in [3.63, 3.8) is 0 Å². The number of nitrogens with one attached hydrogen (secondary N) is 1. The van der Waals surface area contributed by atoms with Crippen LogP contribution in [0.2, 0.25) is 0 Å². The molecule has 2 unspecified atom stereocenters. The van der Waals surface area contributed by atoms with Gasteiger partial charge in [0.25, 0.3) is 0 Å². The number of nitrogens with two attached hydrogens (primary N) is 1. The van der Waals surface area contributed by atoms with Crippen molar-refractivity contribution < 1.29 is 9.90 Å². The van der Waals surface area contributed by atoms with E-state index in [1.807, 2.05) is 0 Å². The molecule has 98 valence electrons. The van der Waals surface area contributed by atoms with E-state index in [0.29, 0.717) is 12.3 Å². The lowest BCUT2D eigenvalue weighted by Crippen LogP contribution is -2.53. The molecule has 0 spiro atoms. The Morgan fingerprint density at radius 3 is 3.06 bits per heavy atom. The summed E-state index contributed by atoms with van der Waals surface area (Å²) in [4.78, 5) is 13.4. The number of piperidine rings is 1. The molecule has 1 saturated heterocycles. The van der Waals surface area contributed by atoms with Crippen LogP contribution < -0.4 is 11.3 Å². The van der Waals surface area contributed by atoms with Crippen molar-refractivity contribution in [1.29, 1.82) is 0 Å². The van der Waals surface area contributed by atoms with E-state index in [4.69, 9.17) is 5.84 Å². The summed E-state index contributed by atoms with van der Waals surface area (Å²) in [6, 6.07) is 0. The number of aliphatic hydroxyl groups is 1. The Morgan fingerprint density at radius 2 is 2.29 bits per heavy atom. The quantitative estimate of drug-likeness (QED) is 0.369. The van der Waals surface area contributed by atoms with Gasteiger partial charge in [0.1, 0.15) is 0 Å². The van der Waals surface area contributed by atoms with E-state index in [9.17, 15) is 9.90 Å². The van der Waals surface area contributed by atoms with Gasteiger partial charge in [0.05, 0.1) is 5.60 Å². The van der Waals surface area contributed by atoms with Crippen molar-refractivity contribution in [2.45, 2.75) is 44.1 Å². The van der Waals surface area contributed by atoms with E-state index in [1.165, 1.54) is 6.42 Å². The maximum atomic E-state index is 11.1. The predicted octanol–water partition coefficient (Wildman–Crippen LogP) is -0.00660. The first-order chi connectivity index (χ1) is 8.14. The lowest BCUT2D eigenvalue weighted by atomic mass is 9.71. The number of nitrogens with zero attached hydrogens (tertiary/aromatic N) is 1. The molecular weight excluding hydrogens is 218 g/mol. The molecule has 1 aliphatic heterocycles. The maximum Gasteiger partial charge on any atom is 0.235 e. The van der Waals surface area contributed by atoms with Crippen LogP contribution in [0.5, 0.6) is 0 Å². The Bertz CT molecular complexity index is 285. The molecule has 1 amide bonds. The van der Waals surface area contributed by atoms with Crippen LogP contribution in [0.4, 0.5) is 0 Å². The molecule has 2 aliphatic rings. The summed E-state index contributed by atoms with van der Waals surface area (Å²) in [5.74, 6) is 5.33. The monoisotopic (exact) mass is 241 g/mol. The normalized spacial score (nSPS) is 34.1. The molecule has 0 aromatic carbocycles. The second-order valence-electron chi connectivity index (χ2n) is 5.41. The number of rotatable bonds is 3. The Balaban J connectivity index is 1.82. The van der Waals surface area contributed by atoms with Crippen LogP contribution in [-0.4, -0.2) is 41.1 Å². The number of hydrazine groups is 1. The topological polar surface area (TPSA) is 78.6 Å². The summed E-state index contributed by atoms with van der Waals surface area (Å²) < 4.78 is 0. The van der Waals surface area contributed by atoms with Crippen molar-refractivity contribution >= 4 is 5.91 Å². The van der Waals surface area contributed by atoms with Crippen molar-refractivity contribution in [3.05, 3.63) is 0 Å². The zero-order chi connectivity index (χ0) is 12.3. The van der Waals surface area contributed by atoms with Crippen LogP contribution in [0.1, 0.15) is 38.5 Å². The molecule has 0 aromatic heterocycles. The fraction of sp³-hybridized carbons (Fsp3) is 0.917. The molecule has 0 radical (unpaired) electrons. The first kappa shape index (κ1) is 12.8. The average molecular weight is 241 g/mol. The Hall–Kier alpha value is -0.650. The molecule has 17 heavy (non-hydrogen) atoms. The zero-order valence-electron chi connectivity index (χ0n) is 10.3. The molecule has 1 aliphatic carbocycles. The number of carbonyl (C=O) groups is 1. The third-order valence-corrected chi connectivity index (χ3v) is 4.33. The van der Waals surface area contributed by atoms with Gasteiger partial charge in [0, 0.05) is 32.0 Å². The summed E-state index contributed by atoms with van der Waals surface area (Å²) >= 11 is 0. The van der Waals surface area contributed by atoms with Gasteiger partial charge < -0.3 is 10.0 Å². The summed E-state index contributed by atoms with van der Waals surface area (Å²) in [7, 11) is 0. The van der Waals surface area contributed by atoms with Gasteiger partial charge in [-0.1, -0.05) is 12.8 Å². The summed E-state index contributed by atoms with van der Waals surface area (Å²) in [6.07, 6.45) is 5.75. The molecule has 5 heteroatoms. The highest BCUT2D eigenvalue weighted by atomic mass is 16.3. The Morgan fingerprint density at radius 1 is 1.47 bits per heavy atom. The molecule has 2 rings (SSSR count). The highest BCUT2D eigenvalue weighted by molar-refractivity contribution is 5.75. The fourth-order valence-corrected chi connectivity index (χ4v) is 3.17. The standard InChI is InChI=1S/C12H23N3O2/c13-14-11(16)4-7-15-8-6-12(17)5-2-1-3-10(12)9-15/h10,17H,1-9,13H2,(H,14,16). The van der Waals surface area contributed by atoms with E-state index in [0.717, 1.165) is 45.3 Å². The van der Waals surface area contributed by atoms with Crippen LogP contribution in [0.3, 0.4) is 0 Å². The summed E-state index contributed by atoms with van der Waals surface area (Å²) in [6.45, 7) is 2.56. The van der Waals surface area contributed by atoms with Gasteiger partial charge in [-0.15, -0.1) is 0 Å². The maximum absolute atomic E-state index is 11.1. The summed E-state index contributed by atoms with van der Waals surface area (Å²) in [5, 5.41) is 10.5. The molecular formula is C12H23N3O2. The van der Waals surface area contributed by atoms with Crippen LogP contribution in [-0.2, 0) is 4.79 Å². The van der Waals surface area contributed by atoms with Crippen molar-refractivity contribution in [2.24, 2.45) is 11.8 Å². The summed E-state index contributed by atoms with van der Waals surface area (Å²) in [5.41, 5.74) is 1.73. The van der Waals surface area contributed by atoms with Crippen LogP contribution in [0.25, 0.3) is 0 Å². The van der Waals surface area contributed by atoms with Crippen LogP contribution in [0.15, 0.2) is 0 Å². The van der Waals surface area contributed by atoms with Crippen LogP contribution >= 0.6 is 0 Å². The average Bonchev–Trinajstić information content (AvgIpc) is 2.35. The molecule has 5 nitrogen and oxygen atoms in total. The van der Waals surface area contributed by atoms with Gasteiger partial charge in [0.15, 0.2) is 0 Å². The number of hydrogen-bond acceptors (Lipinski definition) is 4. The number of amides is 1. The second-order valence-corrected chi connectivity index (χ2v) is 5.41. The smallest absolute Gasteiger partial charge is 0.235 e. The zero-order valence-corrected chi connectivity index (χ0v) is 10.3. The van der Waals surface area contributed by atoms with Gasteiger partial charge >= 0.3 is 0 Å². The molecule has 2 fully saturated rings. The second kappa shape index (κ2) is 5.33. The molecule has 4 N–H and O–H groups in total. The lowest BCUT2D eigenvalue weighted by Gasteiger charge is -2.47. The van der Waals surface area contributed by atoms with E-state index >= 15 is 0 Å². The fourth-order valence-electron chi connectivity index (χ4n) is 3.17. The third-order valence-electron chi connectivity index (χ3n) is 4.33. The molecule has 2 atom stereocenters. The highest BCUT2D eigenvalue weighted by Crippen LogP contribution is 2.39. The number of fused-ring (bicyclic) bond motifs is 1.